The van der Waals surface area contributed by atoms with Gasteiger partial charge in [-0.15, -0.1) is 0 Å². The summed E-state index contributed by atoms with van der Waals surface area (Å²) in [6.45, 7) is 5.81. The van der Waals surface area contributed by atoms with Crippen molar-refractivity contribution in [2.45, 2.75) is 64.5 Å². The summed E-state index contributed by atoms with van der Waals surface area (Å²) in [5.41, 5.74) is 0.540. The number of fused-ring (bicyclic) bond motifs is 1. The molecule has 3 aromatic rings. The number of nitrogens with one attached hydrogen (secondary N) is 3. The predicted molar refractivity (Wildman–Crippen MR) is 189 cm³/mol. The van der Waals surface area contributed by atoms with Gasteiger partial charge in [-0.05, 0) is 87.7 Å². The van der Waals surface area contributed by atoms with Crippen molar-refractivity contribution in [1.29, 1.82) is 0 Å². The van der Waals surface area contributed by atoms with E-state index in [2.05, 4.69) is 16.0 Å². The van der Waals surface area contributed by atoms with E-state index in [-0.39, 0.29) is 43.0 Å². The second-order valence-electron chi connectivity index (χ2n) is 12.8. The molecule has 1 aliphatic rings. The quantitative estimate of drug-likeness (QED) is 0.203. The highest BCUT2D eigenvalue weighted by molar-refractivity contribution is 6.02. The maximum atomic E-state index is 14.3. The van der Waals surface area contributed by atoms with Crippen LogP contribution in [-0.2, 0) is 10.9 Å². The van der Waals surface area contributed by atoms with Crippen LogP contribution in [0.2, 0.25) is 0 Å². The topological polar surface area (TPSA) is 132 Å². The number of aliphatic hydroxyl groups excluding tert-OH is 1. The van der Waals surface area contributed by atoms with Gasteiger partial charge in [0.1, 0.15) is 5.75 Å². The molecule has 51 heavy (non-hydrogen) atoms. The summed E-state index contributed by atoms with van der Waals surface area (Å²) in [5, 5.41) is 18.3. The summed E-state index contributed by atoms with van der Waals surface area (Å²) in [6, 6.07) is 16.3. The molecule has 0 fully saturated rings. The van der Waals surface area contributed by atoms with E-state index in [0.717, 1.165) is 18.6 Å². The Morgan fingerprint density at radius 2 is 1.61 bits per heavy atom. The van der Waals surface area contributed by atoms with Gasteiger partial charge in [-0.2, -0.15) is 13.2 Å². The van der Waals surface area contributed by atoms with Gasteiger partial charge in [-0.1, -0.05) is 25.1 Å². The molecule has 5 amide bonds. The highest BCUT2D eigenvalue weighted by atomic mass is 19.4. The zero-order valence-electron chi connectivity index (χ0n) is 29.2. The fourth-order valence-electron chi connectivity index (χ4n) is 5.59. The van der Waals surface area contributed by atoms with Crippen molar-refractivity contribution in [2.75, 3.05) is 49.3 Å². The first-order chi connectivity index (χ1) is 24.2. The summed E-state index contributed by atoms with van der Waals surface area (Å²) in [6.07, 6.45) is -3.14. The van der Waals surface area contributed by atoms with Gasteiger partial charge in [0.05, 0.1) is 36.0 Å². The second kappa shape index (κ2) is 17.9. The van der Waals surface area contributed by atoms with E-state index in [0.29, 0.717) is 36.6 Å². The molecular weight excluding hydrogens is 667 g/mol. The van der Waals surface area contributed by atoms with Crippen LogP contribution >= 0.6 is 0 Å². The summed E-state index contributed by atoms with van der Waals surface area (Å²) in [4.78, 5) is 43.1. The van der Waals surface area contributed by atoms with Gasteiger partial charge in [0.2, 0.25) is 0 Å². The molecule has 0 spiro atoms. The number of aliphatic hydroxyl groups is 1. The minimum atomic E-state index is -4.49. The lowest BCUT2D eigenvalue weighted by atomic mass is 10.0. The van der Waals surface area contributed by atoms with Crippen LogP contribution in [0.4, 0.5) is 39.8 Å². The molecule has 3 aromatic carbocycles. The SMILES string of the molecule is C[C@@H]1CCCCO[C@H](CN(C)C(=O)Nc2ccc(C(F)(F)F)cc2)[C@@H](C)CN([C@H](C)CO)C(=O)c2cc(NC(=O)Nc3ccccc3)ccc2O1. The van der Waals surface area contributed by atoms with E-state index >= 15 is 0 Å². The van der Waals surface area contributed by atoms with E-state index in [9.17, 15) is 32.7 Å². The van der Waals surface area contributed by atoms with Gasteiger partial charge < -0.3 is 40.3 Å². The van der Waals surface area contributed by atoms with E-state index < -0.39 is 41.9 Å². The maximum absolute atomic E-state index is 14.3. The Bertz CT molecular complexity index is 1610. The van der Waals surface area contributed by atoms with Crippen molar-refractivity contribution < 1.29 is 42.1 Å². The van der Waals surface area contributed by atoms with Crippen LogP contribution in [0.15, 0.2) is 72.8 Å². The van der Waals surface area contributed by atoms with Crippen LogP contribution < -0.4 is 20.7 Å². The fraction of sp³-hybridized carbons (Fsp3) is 0.432. The Kier molecular flexibility index (Phi) is 13.7. The Morgan fingerprint density at radius 3 is 2.27 bits per heavy atom. The van der Waals surface area contributed by atoms with Crippen LogP contribution in [0.1, 0.15) is 56.0 Å². The van der Waals surface area contributed by atoms with E-state index in [1.54, 1.807) is 56.4 Å². The van der Waals surface area contributed by atoms with E-state index in [1.807, 2.05) is 19.9 Å². The van der Waals surface area contributed by atoms with Crippen LogP contribution in [0.25, 0.3) is 0 Å². The van der Waals surface area contributed by atoms with Crippen molar-refractivity contribution in [1.82, 2.24) is 9.80 Å². The number of carbonyl (C=O) groups is 3. The van der Waals surface area contributed by atoms with Crippen LogP contribution in [0.3, 0.4) is 0 Å². The normalized spacial score (nSPS) is 19.5. The number of halogens is 3. The molecule has 1 aliphatic heterocycles. The molecule has 0 saturated carbocycles. The second-order valence-corrected chi connectivity index (χ2v) is 12.8. The van der Waals surface area contributed by atoms with Gasteiger partial charge in [0.15, 0.2) is 0 Å². The molecule has 0 aromatic heterocycles. The van der Waals surface area contributed by atoms with Crippen LogP contribution in [0.5, 0.6) is 5.75 Å². The number of hydrogen-bond donors (Lipinski definition) is 4. The molecule has 4 rings (SSSR count). The first-order valence-corrected chi connectivity index (χ1v) is 16.9. The number of amides is 5. The monoisotopic (exact) mass is 713 g/mol. The third kappa shape index (κ3) is 11.3. The van der Waals surface area contributed by atoms with Crippen molar-refractivity contribution in [3.63, 3.8) is 0 Å². The van der Waals surface area contributed by atoms with Gasteiger partial charge in [-0.3, -0.25) is 4.79 Å². The van der Waals surface area contributed by atoms with Gasteiger partial charge in [-0.25, -0.2) is 9.59 Å². The van der Waals surface area contributed by atoms with Crippen LogP contribution in [-0.4, -0.2) is 84.5 Å². The number of carbonyl (C=O) groups excluding carboxylic acids is 3. The Balaban J connectivity index is 1.55. The maximum Gasteiger partial charge on any atom is 0.416 e. The number of rotatable bonds is 7. The average molecular weight is 714 g/mol. The van der Waals surface area contributed by atoms with Gasteiger partial charge in [0, 0.05) is 49.7 Å². The first kappa shape index (κ1) is 39.0. The van der Waals surface area contributed by atoms with Crippen molar-refractivity contribution in [3.05, 3.63) is 83.9 Å². The number of para-hydroxylation sites is 1. The summed E-state index contributed by atoms with van der Waals surface area (Å²) in [7, 11) is 1.55. The molecule has 0 bridgehead atoms. The minimum Gasteiger partial charge on any atom is -0.490 e. The zero-order chi connectivity index (χ0) is 37.1. The molecule has 11 nitrogen and oxygen atoms in total. The third-order valence-electron chi connectivity index (χ3n) is 8.61. The summed E-state index contributed by atoms with van der Waals surface area (Å²) < 4.78 is 51.5. The summed E-state index contributed by atoms with van der Waals surface area (Å²) in [5.74, 6) is -0.427. The molecule has 0 unspecified atom stereocenters. The highest BCUT2D eigenvalue weighted by Crippen LogP contribution is 2.31. The number of urea groups is 2. The number of anilines is 3. The summed E-state index contributed by atoms with van der Waals surface area (Å²) >= 11 is 0. The number of hydrogen-bond acceptors (Lipinski definition) is 6. The Labute approximate surface area is 296 Å². The number of nitrogens with zero attached hydrogens (tertiary/aromatic N) is 2. The zero-order valence-corrected chi connectivity index (χ0v) is 29.2. The lowest BCUT2D eigenvalue weighted by Gasteiger charge is -2.35. The highest BCUT2D eigenvalue weighted by Gasteiger charge is 2.32. The predicted octanol–water partition coefficient (Wildman–Crippen LogP) is 7.31. The molecule has 14 heteroatoms. The van der Waals surface area contributed by atoms with Gasteiger partial charge >= 0.3 is 18.2 Å². The number of alkyl halides is 3. The van der Waals surface area contributed by atoms with E-state index in [1.165, 1.54) is 21.9 Å². The smallest absolute Gasteiger partial charge is 0.416 e. The number of ether oxygens (including phenoxy) is 2. The molecule has 0 radical (unpaired) electrons. The molecule has 0 aliphatic carbocycles. The lowest BCUT2D eigenvalue weighted by molar-refractivity contribution is -0.137. The molecule has 0 saturated heterocycles. The lowest BCUT2D eigenvalue weighted by Crippen LogP contribution is -2.48. The van der Waals surface area contributed by atoms with Gasteiger partial charge in [0.25, 0.3) is 5.91 Å². The standard InChI is InChI=1S/C37H46F3N5O6/c1-24-21-45(25(2)23-46)34(47)31-20-30(42-35(48)41-28-11-6-5-7-12-28)17-18-32(31)51-26(3)10-8-9-19-50-33(24)22-44(4)36(49)43-29-15-13-27(14-16-29)37(38,39)40/h5-7,11-18,20,24-26,33,46H,8-10,19,21-23H2,1-4H3,(H,43,49)(H2,41,42,48)/t24-,25+,26+,33+/m0/s1. The largest absolute Gasteiger partial charge is 0.490 e. The molecular formula is C37H46F3N5O6. The molecule has 1 heterocycles. The molecule has 276 valence electrons. The minimum absolute atomic E-state index is 0.115. The van der Waals surface area contributed by atoms with Crippen molar-refractivity contribution >= 4 is 35.0 Å². The van der Waals surface area contributed by atoms with Crippen molar-refractivity contribution in [3.8, 4) is 5.75 Å². The van der Waals surface area contributed by atoms with Crippen LogP contribution in [0, 0.1) is 5.92 Å². The average Bonchev–Trinajstić information content (AvgIpc) is 3.09. The first-order valence-electron chi connectivity index (χ1n) is 16.9. The molecule has 4 atom stereocenters. The van der Waals surface area contributed by atoms with Crippen molar-refractivity contribution in [2.24, 2.45) is 5.92 Å². The Morgan fingerprint density at radius 1 is 0.961 bits per heavy atom. The number of likely N-dealkylation sites (N-methyl/N-ethyl adjacent to an activating group) is 1. The third-order valence-corrected chi connectivity index (χ3v) is 8.61. The number of benzene rings is 3. The Hall–Kier alpha value is -4.82. The fourth-order valence-corrected chi connectivity index (χ4v) is 5.59. The molecule has 4 N–H and O–H groups in total. The van der Waals surface area contributed by atoms with E-state index in [4.69, 9.17) is 9.47 Å².